The Morgan fingerprint density at radius 1 is 1.40 bits per heavy atom. The lowest BCUT2D eigenvalue weighted by Crippen LogP contribution is -2.20. The van der Waals surface area contributed by atoms with Crippen LogP contribution in [-0.2, 0) is 4.79 Å². The van der Waals surface area contributed by atoms with Crippen molar-refractivity contribution >= 4 is 25.0 Å². The van der Waals surface area contributed by atoms with Crippen LogP contribution in [0.1, 0.15) is 6.92 Å². The molecule has 0 unspecified atom stereocenters. The lowest BCUT2D eigenvalue weighted by molar-refractivity contribution is -0.109. The smallest absolute Gasteiger partial charge is 0.185 e. The van der Waals surface area contributed by atoms with E-state index in [1.807, 2.05) is 0 Å². The minimum absolute atomic E-state index is 0.248. The molecule has 0 aromatic rings. The van der Waals surface area contributed by atoms with Crippen molar-refractivity contribution in [2.24, 2.45) is 0 Å². The molecule has 1 nitrogen and oxygen atoms in total. The summed E-state index contributed by atoms with van der Waals surface area (Å²) in [7, 11) is -0.897. The number of rotatable bonds is 3. The topological polar surface area (TPSA) is 17.1 Å². The van der Waals surface area contributed by atoms with Crippen LogP contribution < -0.4 is 0 Å². The van der Waals surface area contributed by atoms with Gasteiger partial charge in [0.15, 0.2) is 5.12 Å². The second-order valence-corrected chi connectivity index (χ2v) is 10.5. The molecule has 3 heteroatoms. The van der Waals surface area contributed by atoms with Crippen molar-refractivity contribution in [3.63, 3.8) is 0 Å². The van der Waals surface area contributed by atoms with Crippen LogP contribution in [0.2, 0.25) is 25.7 Å². The summed E-state index contributed by atoms with van der Waals surface area (Å²) in [6, 6.07) is 1.25. The van der Waals surface area contributed by atoms with Crippen molar-refractivity contribution in [2.45, 2.75) is 32.6 Å². The molecule has 0 spiro atoms. The summed E-state index contributed by atoms with van der Waals surface area (Å²) in [6.45, 7) is 8.62. The molecule has 0 amide bonds. The van der Waals surface area contributed by atoms with Gasteiger partial charge in [-0.3, -0.25) is 4.79 Å². The molecule has 0 aromatic carbocycles. The molecule has 0 heterocycles. The van der Waals surface area contributed by atoms with E-state index in [2.05, 4.69) is 19.6 Å². The second kappa shape index (κ2) is 4.19. The van der Waals surface area contributed by atoms with Gasteiger partial charge < -0.3 is 0 Å². The molecule has 0 fully saturated rings. The number of carbonyl (C=O) groups excluding carboxylic acids is 1. The number of hydrogen-bond acceptors (Lipinski definition) is 2. The first kappa shape index (κ1) is 10.2. The van der Waals surface area contributed by atoms with E-state index in [0.29, 0.717) is 0 Å². The van der Waals surface area contributed by atoms with Crippen molar-refractivity contribution in [1.82, 2.24) is 0 Å². The lowest BCUT2D eigenvalue weighted by Gasteiger charge is -2.13. The van der Waals surface area contributed by atoms with Crippen LogP contribution in [0.3, 0.4) is 0 Å². The SMILES string of the molecule is CC(=O)SCC[Si](C)(C)C. The molecular weight excluding hydrogens is 160 g/mol. The standard InChI is InChI=1S/C7H16OSSi/c1-7(8)9-5-6-10(2,3)4/h5-6H2,1-4H3. The van der Waals surface area contributed by atoms with Crippen LogP contribution in [-0.4, -0.2) is 18.9 Å². The Hall–Kier alpha value is 0.237. The van der Waals surface area contributed by atoms with Crippen molar-refractivity contribution in [2.75, 3.05) is 5.75 Å². The predicted octanol–water partition coefficient (Wildman–Crippen LogP) is 2.60. The minimum atomic E-state index is -0.897. The van der Waals surface area contributed by atoms with Gasteiger partial charge in [-0.1, -0.05) is 31.4 Å². The molecule has 0 saturated heterocycles. The third-order valence-electron chi connectivity index (χ3n) is 1.16. The predicted molar refractivity (Wildman–Crippen MR) is 51.3 cm³/mol. The van der Waals surface area contributed by atoms with Gasteiger partial charge in [-0.05, 0) is 11.8 Å². The maximum absolute atomic E-state index is 10.5. The van der Waals surface area contributed by atoms with E-state index in [1.54, 1.807) is 6.92 Å². The average Bonchev–Trinajstić information content (AvgIpc) is 1.59. The third kappa shape index (κ3) is 8.24. The summed E-state index contributed by atoms with van der Waals surface area (Å²) in [6.07, 6.45) is 0. The maximum atomic E-state index is 10.5. The molecule has 0 aliphatic carbocycles. The quantitative estimate of drug-likeness (QED) is 0.615. The Labute approximate surface area is 68.6 Å². The maximum Gasteiger partial charge on any atom is 0.185 e. The Morgan fingerprint density at radius 3 is 2.20 bits per heavy atom. The van der Waals surface area contributed by atoms with Crippen LogP contribution in [0, 0.1) is 0 Å². The fraction of sp³-hybridized carbons (Fsp3) is 0.857. The molecule has 0 radical (unpaired) electrons. The minimum Gasteiger partial charge on any atom is -0.288 e. The average molecular weight is 176 g/mol. The number of thioether (sulfide) groups is 1. The van der Waals surface area contributed by atoms with Gasteiger partial charge in [-0.15, -0.1) is 0 Å². The summed E-state index contributed by atoms with van der Waals surface area (Å²) in [5.41, 5.74) is 0. The Morgan fingerprint density at radius 2 is 1.90 bits per heavy atom. The second-order valence-electron chi connectivity index (χ2n) is 3.65. The first-order chi connectivity index (χ1) is 4.42. The Balaban J connectivity index is 3.29. The van der Waals surface area contributed by atoms with Crippen molar-refractivity contribution in [3.8, 4) is 0 Å². The molecule has 0 saturated carbocycles. The summed E-state index contributed by atoms with van der Waals surface area (Å²) >= 11 is 1.45. The van der Waals surface area contributed by atoms with E-state index in [1.165, 1.54) is 17.8 Å². The van der Waals surface area contributed by atoms with Crippen molar-refractivity contribution in [1.29, 1.82) is 0 Å². The van der Waals surface area contributed by atoms with Gasteiger partial charge in [0.05, 0.1) is 0 Å². The van der Waals surface area contributed by atoms with Gasteiger partial charge in [0.25, 0.3) is 0 Å². The zero-order valence-corrected chi connectivity index (χ0v) is 9.05. The highest BCUT2D eigenvalue weighted by Crippen LogP contribution is 2.13. The summed E-state index contributed by atoms with van der Waals surface area (Å²) in [5, 5.41) is 0.248. The molecule has 10 heavy (non-hydrogen) atoms. The van der Waals surface area contributed by atoms with E-state index < -0.39 is 8.07 Å². The fourth-order valence-electron chi connectivity index (χ4n) is 0.501. The zero-order valence-electron chi connectivity index (χ0n) is 7.23. The molecule has 0 rings (SSSR count). The highest BCUT2D eigenvalue weighted by molar-refractivity contribution is 8.13. The highest BCUT2D eigenvalue weighted by Gasteiger charge is 2.12. The van der Waals surface area contributed by atoms with Gasteiger partial charge in [0.2, 0.25) is 0 Å². The summed E-state index contributed by atoms with van der Waals surface area (Å²) < 4.78 is 0. The van der Waals surface area contributed by atoms with Gasteiger partial charge in [0.1, 0.15) is 0 Å². The monoisotopic (exact) mass is 176 g/mol. The molecule has 0 aliphatic rings. The molecule has 60 valence electrons. The molecule has 0 atom stereocenters. The van der Waals surface area contributed by atoms with Crippen molar-refractivity contribution in [3.05, 3.63) is 0 Å². The molecular formula is C7H16OSSi. The third-order valence-corrected chi connectivity index (χ3v) is 4.08. The van der Waals surface area contributed by atoms with Crippen LogP contribution in [0.15, 0.2) is 0 Å². The van der Waals surface area contributed by atoms with Gasteiger partial charge in [-0.25, -0.2) is 0 Å². The first-order valence-electron chi connectivity index (χ1n) is 3.55. The van der Waals surface area contributed by atoms with Crippen LogP contribution in [0.5, 0.6) is 0 Å². The van der Waals surface area contributed by atoms with Crippen LogP contribution >= 0.6 is 11.8 Å². The summed E-state index contributed by atoms with van der Waals surface area (Å²) in [4.78, 5) is 10.5. The fourth-order valence-corrected chi connectivity index (χ4v) is 3.65. The van der Waals surface area contributed by atoms with E-state index in [-0.39, 0.29) is 5.12 Å². The summed E-state index contributed by atoms with van der Waals surface area (Å²) in [5.74, 6) is 1.02. The van der Waals surface area contributed by atoms with Gasteiger partial charge >= 0.3 is 0 Å². The molecule has 0 N–H and O–H groups in total. The van der Waals surface area contributed by atoms with E-state index in [4.69, 9.17) is 0 Å². The normalized spacial score (nSPS) is 11.6. The number of carbonyl (C=O) groups is 1. The largest absolute Gasteiger partial charge is 0.288 e. The highest BCUT2D eigenvalue weighted by atomic mass is 32.2. The van der Waals surface area contributed by atoms with Crippen LogP contribution in [0.4, 0.5) is 0 Å². The Bertz CT molecular complexity index is 117. The Kier molecular flexibility index (Phi) is 4.28. The zero-order chi connectivity index (χ0) is 8.20. The number of hydrogen-bond donors (Lipinski definition) is 0. The first-order valence-corrected chi connectivity index (χ1v) is 8.24. The van der Waals surface area contributed by atoms with E-state index in [9.17, 15) is 4.79 Å². The van der Waals surface area contributed by atoms with E-state index >= 15 is 0 Å². The van der Waals surface area contributed by atoms with Crippen LogP contribution in [0.25, 0.3) is 0 Å². The lowest BCUT2D eigenvalue weighted by atomic mass is 10.9. The molecule has 0 bridgehead atoms. The van der Waals surface area contributed by atoms with E-state index in [0.717, 1.165) is 5.75 Å². The molecule has 0 aliphatic heterocycles. The molecule has 0 aromatic heterocycles. The van der Waals surface area contributed by atoms with Gasteiger partial charge in [0, 0.05) is 15.0 Å². The van der Waals surface area contributed by atoms with Gasteiger partial charge in [-0.2, -0.15) is 0 Å². The van der Waals surface area contributed by atoms with Crippen molar-refractivity contribution < 1.29 is 4.79 Å².